The lowest BCUT2D eigenvalue weighted by molar-refractivity contribution is -0.137. The van der Waals surface area contributed by atoms with Crippen molar-refractivity contribution in [3.8, 4) is 0 Å². The number of aromatic nitrogens is 1. The number of anilines is 4. The van der Waals surface area contributed by atoms with Gasteiger partial charge in [-0.05, 0) is 91.9 Å². The Bertz CT molecular complexity index is 1540. The minimum absolute atomic E-state index is 0.379. The Hall–Kier alpha value is -4.72. The van der Waals surface area contributed by atoms with E-state index in [1.807, 2.05) is 43.3 Å². The van der Waals surface area contributed by atoms with Gasteiger partial charge in [-0.15, -0.1) is 0 Å². The number of hydrogen-bond donors (Lipinski definition) is 3. The van der Waals surface area contributed by atoms with Crippen LogP contribution in [0.15, 0.2) is 103 Å². The van der Waals surface area contributed by atoms with E-state index in [-0.39, 0.29) is 5.91 Å². The zero-order valence-corrected chi connectivity index (χ0v) is 19.8. The summed E-state index contributed by atoms with van der Waals surface area (Å²) in [4.78, 5) is 12.7. The summed E-state index contributed by atoms with van der Waals surface area (Å²) in [5.41, 5.74) is 7.74. The van der Waals surface area contributed by atoms with Crippen LogP contribution in [-0.4, -0.2) is 10.6 Å². The predicted octanol–water partition coefficient (Wildman–Crippen LogP) is 7.84. The molecule has 5 rings (SSSR count). The normalized spacial score (nSPS) is 11.4. The zero-order chi connectivity index (χ0) is 26.0. The van der Waals surface area contributed by atoms with Crippen LogP contribution < -0.4 is 16.1 Å². The monoisotopic (exact) mass is 500 g/mol. The molecule has 0 spiro atoms. The Morgan fingerprint density at radius 1 is 0.703 bits per heavy atom. The molecule has 0 aliphatic heterocycles. The van der Waals surface area contributed by atoms with Crippen molar-refractivity contribution < 1.29 is 18.0 Å². The molecule has 1 amide bonds. The summed E-state index contributed by atoms with van der Waals surface area (Å²) in [5.74, 6) is -0.379. The number of alkyl halides is 3. The average molecular weight is 501 g/mol. The van der Waals surface area contributed by atoms with Crippen molar-refractivity contribution in [2.45, 2.75) is 13.1 Å². The molecule has 8 heteroatoms. The minimum atomic E-state index is -4.42. The molecule has 5 nitrogen and oxygen atoms in total. The molecule has 0 saturated heterocycles. The Labute approximate surface area is 211 Å². The fraction of sp³-hybridized carbons (Fsp3) is 0.0690. The number of hydrogen-bond acceptors (Lipinski definition) is 3. The molecule has 37 heavy (non-hydrogen) atoms. The van der Waals surface area contributed by atoms with E-state index >= 15 is 0 Å². The lowest BCUT2D eigenvalue weighted by Crippen LogP contribution is -2.21. The van der Waals surface area contributed by atoms with E-state index in [4.69, 9.17) is 0 Å². The molecule has 1 heterocycles. The number of benzene rings is 4. The first-order valence-corrected chi connectivity index (χ1v) is 11.6. The van der Waals surface area contributed by atoms with Gasteiger partial charge in [0.2, 0.25) is 0 Å². The number of fused-ring (bicyclic) bond motifs is 1. The quantitative estimate of drug-likeness (QED) is 0.223. The van der Waals surface area contributed by atoms with Crippen LogP contribution in [0.4, 0.5) is 35.9 Å². The van der Waals surface area contributed by atoms with Crippen LogP contribution in [0.25, 0.3) is 10.9 Å². The van der Waals surface area contributed by atoms with Gasteiger partial charge in [-0.25, -0.2) is 0 Å². The molecule has 186 valence electrons. The molecule has 0 bridgehead atoms. The van der Waals surface area contributed by atoms with Crippen molar-refractivity contribution in [3.05, 3.63) is 120 Å². The second kappa shape index (κ2) is 9.73. The molecule has 0 radical (unpaired) electrons. The second-order valence-electron chi connectivity index (χ2n) is 8.67. The van der Waals surface area contributed by atoms with Crippen LogP contribution >= 0.6 is 0 Å². The predicted molar refractivity (Wildman–Crippen MR) is 141 cm³/mol. The van der Waals surface area contributed by atoms with Crippen molar-refractivity contribution in [2.24, 2.45) is 0 Å². The molecule has 4 aromatic carbocycles. The topological polar surface area (TPSA) is 58.1 Å². The average Bonchev–Trinajstić information content (AvgIpc) is 3.28. The fourth-order valence-corrected chi connectivity index (χ4v) is 3.90. The summed E-state index contributed by atoms with van der Waals surface area (Å²) in [6.45, 7) is 2.05. The Morgan fingerprint density at radius 2 is 1.22 bits per heavy atom. The maximum absolute atomic E-state index is 12.9. The molecule has 5 aromatic rings. The molecule has 1 aromatic heterocycles. The number of halogens is 3. The molecular formula is C29H23F3N4O. The van der Waals surface area contributed by atoms with E-state index < -0.39 is 11.7 Å². The van der Waals surface area contributed by atoms with Gasteiger partial charge in [-0.3, -0.25) is 14.9 Å². The Balaban J connectivity index is 1.21. The first kappa shape index (κ1) is 24.0. The van der Waals surface area contributed by atoms with Crippen molar-refractivity contribution >= 4 is 39.6 Å². The lowest BCUT2D eigenvalue weighted by Gasteiger charge is -2.11. The van der Waals surface area contributed by atoms with E-state index in [1.165, 1.54) is 28.6 Å². The first-order chi connectivity index (χ1) is 17.7. The van der Waals surface area contributed by atoms with Crippen molar-refractivity contribution in [3.63, 3.8) is 0 Å². The summed E-state index contributed by atoms with van der Waals surface area (Å²) in [6.07, 6.45) is -2.90. The number of carbonyl (C=O) groups is 1. The van der Waals surface area contributed by atoms with E-state index in [1.54, 1.807) is 24.3 Å². The summed E-state index contributed by atoms with van der Waals surface area (Å²) in [6, 6.07) is 27.9. The van der Waals surface area contributed by atoms with Gasteiger partial charge in [-0.2, -0.15) is 13.2 Å². The highest BCUT2D eigenvalue weighted by atomic mass is 19.4. The summed E-state index contributed by atoms with van der Waals surface area (Å²) in [7, 11) is 0. The molecular weight excluding hydrogens is 477 g/mol. The zero-order valence-electron chi connectivity index (χ0n) is 19.8. The van der Waals surface area contributed by atoms with Gasteiger partial charge in [0, 0.05) is 39.9 Å². The van der Waals surface area contributed by atoms with Gasteiger partial charge in [0.1, 0.15) is 0 Å². The number of nitrogens with one attached hydrogen (secondary N) is 3. The highest BCUT2D eigenvalue weighted by Crippen LogP contribution is 2.31. The summed E-state index contributed by atoms with van der Waals surface area (Å²) >= 11 is 0. The lowest BCUT2D eigenvalue weighted by atomic mass is 10.1. The van der Waals surface area contributed by atoms with Gasteiger partial charge < -0.3 is 10.6 Å². The van der Waals surface area contributed by atoms with Gasteiger partial charge in [0.15, 0.2) is 0 Å². The summed E-state index contributed by atoms with van der Waals surface area (Å²) < 4.78 is 40.3. The van der Waals surface area contributed by atoms with E-state index in [0.717, 1.165) is 34.9 Å². The molecule has 0 aliphatic carbocycles. The third kappa shape index (κ3) is 5.59. The Kier molecular flexibility index (Phi) is 6.31. The smallest absolute Gasteiger partial charge is 0.356 e. The van der Waals surface area contributed by atoms with Crippen molar-refractivity contribution in [1.29, 1.82) is 0 Å². The number of rotatable bonds is 6. The van der Waals surface area contributed by atoms with Crippen LogP contribution in [0.2, 0.25) is 0 Å². The van der Waals surface area contributed by atoms with Gasteiger partial charge >= 0.3 is 6.18 Å². The second-order valence-corrected chi connectivity index (χ2v) is 8.67. The van der Waals surface area contributed by atoms with Crippen LogP contribution in [0.1, 0.15) is 21.5 Å². The number of nitrogens with zero attached hydrogens (tertiary/aromatic N) is 1. The minimum Gasteiger partial charge on any atom is -0.356 e. The maximum Gasteiger partial charge on any atom is 0.416 e. The van der Waals surface area contributed by atoms with Crippen LogP contribution in [0.3, 0.4) is 0 Å². The fourth-order valence-electron chi connectivity index (χ4n) is 3.90. The molecule has 3 N–H and O–H groups in total. The van der Waals surface area contributed by atoms with E-state index in [9.17, 15) is 18.0 Å². The number of amides is 1. The van der Waals surface area contributed by atoms with Gasteiger partial charge in [0.05, 0.1) is 11.1 Å². The summed E-state index contributed by atoms with van der Waals surface area (Å²) in [5, 5.41) is 7.04. The van der Waals surface area contributed by atoms with Crippen LogP contribution in [0, 0.1) is 6.92 Å². The largest absolute Gasteiger partial charge is 0.416 e. The molecule has 0 fully saturated rings. The molecule has 0 aliphatic rings. The molecule has 0 unspecified atom stereocenters. The van der Waals surface area contributed by atoms with Crippen molar-refractivity contribution in [1.82, 2.24) is 4.68 Å². The molecule has 0 saturated carbocycles. The third-order valence-corrected chi connectivity index (χ3v) is 5.90. The first-order valence-electron chi connectivity index (χ1n) is 11.6. The maximum atomic E-state index is 12.9. The number of carbonyl (C=O) groups excluding carboxylic acids is 1. The highest BCUT2D eigenvalue weighted by molar-refractivity contribution is 6.01. The van der Waals surface area contributed by atoms with Crippen LogP contribution in [0.5, 0.6) is 0 Å². The van der Waals surface area contributed by atoms with E-state index in [0.29, 0.717) is 16.5 Å². The van der Waals surface area contributed by atoms with Gasteiger partial charge in [-0.1, -0.05) is 17.7 Å². The Morgan fingerprint density at radius 3 is 1.76 bits per heavy atom. The van der Waals surface area contributed by atoms with E-state index in [2.05, 4.69) is 28.2 Å². The SMILES string of the molecule is Cc1ccc(Nc2ccc(Nc3ccc(C(=O)Nn4ccc5cc(C(F)(F)F)ccc54)cc3)cc2)cc1. The third-order valence-electron chi connectivity index (χ3n) is 5.90. The number of aryl methyl sites for hydroxylation is 1. The van der Waals surface area contributed by atoms with Crippen LogP contribution in [-0.2, 0) is 6.18 Å². The molecule has 0 atom stereocenters. The standard InChI is InChI=1S/C29H23F3N4O/c1-19-2-7-23(8-3-19)33-25-11-13-26(14-12-25)34-24-9-4-20(5-10-24)28(37)35-36-17-16-21-18-22(29(30,31)32)6-15-27(21)36/h2-18,33-34H,1H3,(H,35,37). The highest BCUT2D eigenvalue weighted by Gasteiger charge is 2.30. The van der Waals surface area contributed by atoms with Crippen molar-refractivity contribution in [2.75, 3.05) is 16.1 Å². The van der Waals surface area contributed by atoms with Gasteiger partial charge in [0.25, 0.3) is 5.91 Å².